The van der Waals surface area contributed by atoms with Crippen molar-refractivity contribution in [3.63, 3.8) is 0 Å². The Hall–Kier alpha value is -2.37. The van der Waals surface area contributed by atoms with Gasteiger partial charge in [-0.05, 0) is 37.3 Å². The smallest absolute Gasteiger partial charge is 0.433 e. The zero-order chi connectivity index (χ0) is 21.2. The first kappa shape index (κ1) is 21.3. The molecular formula is C18H18F3NO6S. The fraction of sp³-hybridized carbons (Fsp3) is 0.389. The van der Waals surface area contributed by atoms with E-state index in [4.69, 9.17) is 9.15 Å². The molecular weight excluding hydrogens is 415 g/mol. The van der Waals surface area contributed by atoms with Gasteiger partial charge in [0, 0.05) is 13.1 Å². The summed E-state index contributed by atoms with van der Waals surface area (Å²) >= 11 is 0. The fourth-order valence-corrected chi connectivity index (χ4v) is 4.23. The number of aryl methyl sites for hydroxylation is 1. The number of furan rings is 1. The summed E-state index contributed by atoms with van der Waals surface area (Å²) in [6.07, 6.45) is -7.51. The maximum absolute atomic E-state index is 13.4. The highest BCUT2D eigenvalue weighted by Crippen LogP contribution is 2.37. The van der Waals surface area contributed by atoms with Crippen LogP contribution in [0.3, 0.4) is 0 Å². The third-order valence-corrected chi connectivity index (χ3v) is 6.11. The summed E-state index contributed by atoms with van der Waals surface area (Å²) in [5.41, 5.74) is -0.322. The van der Waals surface area contributed by atoms with E-state index in [1.54, 1.807) is 0 Å². The number of rotatable bonds is 5. The van der Waals surface area contributed by atoms with E-state index in [1.807, 2.05) is 0 Å². The van der Waals surface area contributed by atoms with E-state index in [1.165, 1.54) is 35.5 Å². The molecule has 7 nitrogen and oxygen atoms in total. The maximum Gasteiger partial charge on any atom is 0.433 e. The predicted octanol–water partition coefficient (Wildman–Crippen LogP) is 3.07. The molecule has 0 unspecified atom stereocenters. The Bertz CT molecular complexity index is 979. The highest BCUT2D eigenvalue weighted by Gasteiger charge is 2.46. The van der Waals surface area contributed by atoms with Crippen molar-refractivity contribution in [2.45, 2.75) is 24.1 Å². The van der Waals surface area contributed by atoms with Crippen LogP contribution < -0.4 is 0 Å². The molecule has 158 valence electrons. The number of benzene rings is 1. The first-order chi connectivity index (χ1) is 13.6. The summed E-state index contributed by atoms with van der Waals surface area (Å²) in [7, 11) is -3.92. The third kappa shape index (κ3) is 4.80. The van der Waals surface area contributed by atoms with Crippen molar-refractivity contribution in [1.29, 1.82) is 0 Å². The van der Waals surface area contributed by atoms with Crippen molar-refractivity contribution in [1.82, 2.24) is 4.31 Å². The molecule has 11 heteroatoms. The minimum absolute atomic E-state index is 0.144. The van der Waals surface area contributed by atoms with E-state index in [0.29, 0.717) is 0 Å². The van der Waals surface area contributed by atoms with E-state index < -0.39 is 34.0 Å². The van der Waals surface area contributed by atoms with Crippen molar-refractivity contribution in [3.05, 3.63) is 53.5 Å². The molecule has 0 spiro atoms. The molecule has 3 rings (SSSR count). The Labute approximate surface area is 165 Å². The van der Waals surface area contributed by atoms with Crippen LogP contribution in [-0.2, 0) is 19.5 Å². The van der Waals surface area contributed by atoms with Gasteiger partial charge >= 0.3 is 12.1 Å². The average Bonchev–Trinajstić information content (AvgIpc) is 3.11. The molecule has 1 atom stereocenters. The molecule has 1 aromatic carbocycles. The van der Waals surface area contributed by atoms with Crippen LogP contribution >= 0.6 is 0 Å². The lowest BCUT2D eigenvalue weighted by molar-refractivity contribution is -0.212. The molecule has 0 radical (unpaired) electrons. The zero-order valence-corrected chi connectivity index (χ0v) is 16.1. The molecule has 1 saturated heterocycles. The average molecular weight is 433 g/mol. The van der Waals surface area contributed by atoms with Crippen LogP contribution in [0, 0.1) is 6.92 Å². The van der Waals surface area contributed by atoms with Crippen molar-refractivity contribution in [2.24, 2.45) is 0 Å². The van der Waals surface area contributed by atoms with Gasteiger partial charge in [-0.2, -0.15) is 17.5 Å². The lowest BCUT2D eigenvalue weighted by Gasteiger charge is -2.26. The second kappa shape index (κ2) is 8.17. The van der Waals surface area contributed by atoms with Crippen LogP contribution in [0.4, 0.5) is 13.2 Å². The van der Waals surface area contributed by atoms with E-state index in [0.717, 1.165) is 12.1 Å². The van der Waals surface area contributed by atoms with Crippen LogP contribution in [0.2, 0.25) is 0 Å². The topological polar surface area (TPSA) is 86.1 Å². The van der Waals surface area contributed by atoms with Crippen LogP contribution in [0.5, 0.6) is 0 Å². The molecule has 0 aliphatic carbocycles. The molecule has 1 aromatic heterocycles. The van der Waals surface area contributed by atoms with Gasteiger partial charge in [0.15, 0.2) is 5.76 Å². The van der Waals surface area contributed by atoms with Gasteiger partial charge in [-0.1, -0.05) is 6.07 Å². The largest absolute Gasteiger partial charge is 0.462 e. The minimum Gasteiger partial charge on any atom is -0.462 e. The summed E-state index contributed by atoms with van der Waals surface area (Å²) in [4.78, 5) is 12.1. The lowest BCUT2D eigenvalue weighted by atomic mass is 10.2. The number of morpholine rings is 1. The van der Waals surface area contributed by atoms with Crippen molar-refractivity contribution >= 4 is 16.0 Å². The highest BCUT2D eigenvalue weighted by molar-refractivity contribution is 7.89. The van der Waals surface area contributed by atoms with Gasteiger partial charge in [0.2, 0.25) is 10.0 Å². The lowest BCUT2D eigenvalue weighted by Crippen LogP contribution is -2.40. The number of alkyl halides is 3. The molecule has 2 heterocycles. The van der Waals surface area contributed by atoms with Crippen molar-refractivity contribution in [3.8, 4) is 0 Å². The Morgan fingerprint density at radius 3 is 2.45 bits per heavy atom. The SMILES string of the molecule is Cc1ccc([C@H](OC(=O)c2cccc(S(=O)(=O)N3CCOCC3)c2)C(F)(F)F)o1. The van der Waals surface area contributed by atoms with Gasteiger partial charge in [0.05, 0.1) is 23.7 Å². The summed E-state index contributed by atoms with van der Waals surface area (Å²) in [5, 5.41) is 0. The quantitative estimate of drug-likeness (QED) is 0.674. The number of esters is 1. The van der Waals surface area contributed by atoms with Crippen molar-refractivity contribution in [2.75, 3.05) is 26.3 Å². The van der Waals surface area contributed by atoms with Crippen LogP contribution in [-0.4, -0.2) is 51.2 Å². The second-order valence-electron chi connectivity index (χ2n) is 6.32. The molecule has 0 N–H and O–H groups in total. The Morgan fingerprint density at radius 1 is 1.17 bits per heavy atom. The number of ether oxygens (including phenoxy) is 2. The fourth-order valence-electron chi connectivity index (χ4n) is 2.78. The number of hydrogen-bond acceptors (Lipinski definition) is 6. The molecule has 2 aromatic rings. The zero-order valence-electron chi connectivity index (χ0n) is 15.3. The Kier molecular flexibility index (Phi) is 6.01. The molecule has 0 bridgehead atoms. The number of sulfonamides is 1. The molecule has 1 aliphatic heterocycles. The Balaban J connectivity index is 1.85. The number of carbonyl (C=O) groups excluding carboxylic acids is 1. The van der Waals surface area contributed by atoms with E-state index in [2.05, 4.69) is 4.74 Å². The molecule has 29 heavy (non-hydrogen) atoms. The number of carbonyl (C=O) groups is 1. The number of nitrogens with zero attached hydrogens (tertiary/aromatic N) is 1. The second-order valence-corrected chi connectivity index (χ2v) is 8.26. The van der Waals surface area contributed by atoms with Gasteiger partial charge in [0.25, 0.3) is 6.10 Å². The summed E-state index contributed by atoms with van der Waals surface area (Å²) in [5.74, 6) is -1.66. The summed E-state index contributed by atoms with van der Waals surface area (Å²) < 4.78 is 81.3. The number of halogens is 3. The van der Waals surface area contributed by atoms with Gasteiger partial charge < -0.3 is 13.9 Å². The van der Waals surface area contributed by atoms with E-state index in [9.17, 15) is 26.4 Å². The van der Waals surface area contributed by atoms with Gasteiger partial charge in [-0.3, -0.25) is 0 Å². The molecule has 1 fully saturated rings. The highest BCUT2D eigenvalue weighted by atomic mass is 32.2. The first-order valence-corrected chi connectivity index (χ1v) is 10.0. The Morgan fingerprint density at radius 2 is 1.86 bits per heavy atom. The normalized spacial score (nSPS) is 17.1. The predicted molar refractivity (Wildman–Crippen MR) is 93.7 cm³/mol. The minimum atomic E-state index is -4.91. The molecule has 1 aliphatic rings. The van der Waals surface area contributed by atoms with Crippen molar-refractivity contribution < 1.29 is 40.3 Å². The van der Waals surface area contributed by atoms with Crippen LogP contribution in [0.1, 0.15) is 28.0 Å². The summed E-state index contributed by atoms with van der Waals surface area (Å²) in [6, 6.07) is 7.09. The maximum atomic E-state index is 13.4. The first-order valence-electron chi connectivity index (χ1n) is 8.61. The molecule has 0 saturated carbocycles. The van der Waals surface area contributed by atoms with Gasteiger partial charge in [-0.15, -0.1) is 0 Å². The van der Waals surface area contributed by atoms with Gasteiger partial charge in [0.1, 0.15) is 5.76 Å². The monoisotopic (exact) mass is 433 g/mol. The van der Waals surface area contributed by atoms with Crippen LogP contribution in [0.25, 0.3) is 0 Å². The van der Waals surface area contributed by atoms with Crippen LogP contribution in [0.15, 0.2) is 45.7 Å². The molecule has 0 amide bonds. The summed E-state index contributed by atoms with van der Waals surface area (Å²) in [6.45, 7) is 2.21. The van der Waals surface area contributed by atoms with Gasteiger partial charge in [-0.25, -0.2) is 13.2 Å². The number of hydrogen-bond donors (Lipinski definition) is 0. The standard InChI is InChI=1S/C18H18F3NO6S/c1-12-5-6-15(27-12)16(18(19,20)21)28-17(23)13-3-2-4-14(11-13)29(24,25)22-7-9-26-10-8-22/h2-6,11,16H,7-10H2,1H3/t16-/m0/s1. The van der Waals surface area contributed by atoms with E-state index in [-0.39, 0.29) is 42.5 Å². The third-order valence-electron chi connectivity index (χ3n) is 4.22. The van der Waals surface area contributed by atoms with E-state index >= 15 is 0 Å².